The largest absolute Gasteiger partial charge is 0.369 e. The lowest BCUT2D eigenvalue weighted by Crippen LogP contribution is -2.32. The molecule has 0 aliphatic carbocycles. The fourth-order valence-corrected chi connectivity index (χ4v) is 4.20. The minimum Gasteiger partial charge on any atom is -0.369 e. The number of carbonyl (C=O) groups is 1. The topological polar surface area (TPSA) is 80.5 Å². The zero-order valence-electron chi connectivity index (χ0n) is 11.4. The van der Waals surface area contributed by atoms with E-state index >= 15 is 0 Å². The summed E-state index contributed by atoms with van der Waals surface area (Å²) in [6.45, 7) is 2.10. The molecule has 116 valence electrons. The fourth-order valence-electron chi connectivity index (χ4n) is 2.45. The van der Waals surface area contributed by atoms with Crippen LogP contribution >= 0.6 is 11.6 Å². The van der Waals surface area contributed by atoms with Crippen LogP contribution in [-0.4, -0.2) is 31.7 Å². The van der Waals surface area contributed by atoms with E-state index in [9.17, 15) is 17.6 Å². The van der Waals surface area contributed by atoms with Crippen LogP contribution in [0.4, 0.5) is 4.39 Å². The van der Waals surface area contributed by atoms with Crippen LogP contribution in [0.5, 0.6) is 0 Å². The van der Waals surface area contributed by atoms with Gasteiger partial charge in [0, 0.05) is 13.1 Å². The van der Waals surface area contributed by atoms with E-state index in [1.807, 2.05) is 0 Å². The van der Waals surface area contributed by atoms with Crippen LogP contribution in [0.3, 0.4) is 0 Å². The van der Waals surface area contributed by atoms with Crippen LogP contribution in [0.1, 0.15) is 12.5 Å². The summed E-state index contributed by atoms with van der Waals surface area (Å²) in [5, 5.41) is -0.0558. The first-order valence-corrected chi connectivity index (χ1v) is 8.40. The summed E-state index contributed by atoms with van der Waals surface area (Å²) < 4.78 is 39.3. The summed E-state index contributed by atoms with van der Waals surface area (Å²) in [7, 11) is -3.63. The van der Waals surface area contributed by atoms with Crippen molar-refractivity contribution in [1.82, 2.24) is 4.31 Å². The molecule has 0 radical (unpaired) electrons. The molecule has 0 unspecified atom stereocenters. The normalized spacial score (nSPS) is 23.4. The molecule has 0 bridgehead atoms. The highest BCUT2D eigenvalue weighted by atomic mass is 35.5. The predicted octanol–water partition coefficient (Wildman–Crippen LogP) is 1.36. The van der Waals surface area contributed by atoms with E-state index in [0.717, 1.165) is 6.07 Å². The Balaban J connectivity index is 2.16. The molecule has 0 saturated carbocycles. The standard InChI is InChI=1S/C13H16ClFN2O3S/c1-8-5-17(6-10(8)13(16)18)21(19,20)7-9-2-3-11(14)12(15)4-9/h2-4,8,10H,5-7H2,1H3,(H2,16,18)/t8-,10-/m1/s1. The van der Waals surface area contributed by atoms with Gasteiger partial charge in [-0.05, 0) is 23.6 Å². The van der Waals surface area contributed by atoms with E-state index in [1.165, 1.54) is 16.4 Å². The molecule has 1 aromatic rings. The van der Waals surface area contributed by atoms with Gasteiger partial charge in [-0.3, -0.25) is 4.79 Å². The molecule has 1 saturated heterocycles. The third kappa shape index (κ3) is 3.53. The Kier molecular flexibility index (Phi) is 4.55. The molecule has 1 amide bonds. The first kappa shape index (κ1) is 16.2. The lowest BCUT2D eigenvalue weighted by atomic mass is 9.98. The van der Waals surface area contributed by atoms with Crippen molar-refractivity contribution >= 4 is 27.5 Å². The number of primary amides is 1. The van der Waals surface area contributed by atoms with E-state index in [0.29, 0.717) is 5.56 Å². The molecule has 1 fully saturated rings. The molecule has 2 atom stereocenters. The van der Waals surface area contributed by atoms with Gasteiger partial charge in [0.15, 0.2) is 0 Å². The van der Waals surface area contributed by atoms with E-state index in [4.69, 9.17) is 17.3 Å². The van der Waals surface area contributed by atoms with E-state index in [-0.39, 0.29) is 29.8 Å². The molecule has 1 aliphatic rings. The van der Waals surface area contributed by atoms with Crippen molar-refractivity contribution in [2.75, 3.05) is 13.1 Å². The molecule has 1 aliphatic heterocycles. The van der Waals surface area contributed by atoms with Crippen molar-refractivity contribution in [3.8, 4) is 0 Å². The van der Waals surface area contributed by atoms with Crippen molar-refractivity contribution < 1.29 is 17.6 Å². The molecule has 21 heavy (non-hydrogen) atoms. The van der Waals surface area contributed by atoms with Crippen LogP contribution in [0.25, 0.3) is 0 Å². The molecule has 0 aromatic heterocycles. The van der Waals surface area contributed by atoms with Crippen LogP contribution in [0.15, 0.2) is 18.2 Å². The summed E-state index contributed by atoms with van der Waals surface area (Å²) in [6, 6.07) is 3.89. The predicted molar refractivity (Wildman–Crippen MR) is 77.5 cm³/mol. The molecule has 1 heterocycles. The van der Waals surface area contributed by atoms with Gasteiger partial charge in [-0.25, -0.2) is 17.1 Å². The maximum Gasteiger partial charge on any atom is 0.222 e. The zero-order valence-corrected chi connectivity index (χ0v) is 13.0. The number of carbonyl (C=O) groups excluding carboxylic acids is 1. The van der Waals surface area contributed by atoms with Crippen molar-refractivity contribution in [3.05, 3.63) is 34.6 Å². The van der Waals surface area contributed by atoms with Gasteiger partial charge in [-0.1, -0.05) is 24.6 Å². The Morgan fingerprint density at radius 3 is 2.67 bits per heavy atom. The van der Waals surface area contributed by atoms with E-state index < -0.39 is 27.7 Å². The van der Waals surface area contributed by atoms with Crippen LogP contribution in [0, 0.1) is 17.7 Å². The summed E-state index contributed by atoms with van der Waals surface area (Å²) in [5.74, 6) is -2.10. The summed E-state index contributed by atoms with van der Waals surface area (Å²) in [5.41, 5.74) is 5.57. The highest BCUT2D eigenvalue weighted by Crippen LogP contribution is 2.27. The van der Waals surface area contributed by atoms with Gasteiger partial charge in [0.05, 0.1) is 16.7 Å². The number of halogens is 2. The van der Waals surface area contributed by atoms with Gasteiger partial charge in [-0.15, -0.1) is 0 Å². The second kappa shape index (κ2) is 5.90. The first-order chi connectivity index (χ1) is 9.70. The quantitative estimate of drug-likeness (QED) is 0.902. The number of sulfonamides is 1. The summed E-state index contributed by atoms with van der Waals surface area (Å²) in [4.78, 5) is 11.3. The van der Waals surface area contributed by atoms with Gasteiger partial charge in [0.2, 0.25) is 15.9 Å². The van der Waals surface area contributed by atoms with Gasteiger partial charge in [-0.2, -0.15) is 0 Å². The number of hydrogen-bond donors (Lipinski definition) is 1. The van der Waals surface area contributed by atoms with E-state index in [1.54, 1.807) is 6.92 Å². The van der Waals surface area contributed by atoms with Crippen molar-refractivity contribution in [3.63, 3.8) is 0 Å². The Morgan fingerprint density at radius 2 is 2.14 bits per heavy atom. The van der Waals surface area contributed by atoms with Gasteiger partial charge in [0.1, 0.15) is 5.82 Å². The number of benzene rings is 1. The Bertz CT molecular complexity index is 665. The molecular formula is C13H16ClFN2O3S. The van der Waals surface area contributed by atoms with Gasteiger partial charge < -0.3 is 5.73 Å². The fraction of sp³-hybridized carbons (Fsp3) is 0.462. The monoisotopic (exact) mass is 334 g/mol. The number of rotatable bonds is 4. The molecule has 0 spiro atoms. The first-order valence-electron chi connectivity index (χ1n) is 6.42. The van der Waals surface area contributed by atoms with Crippen molar-refractivity contribution in [2.45, 2.75) is 12.7 Å². The Hall–Kier alpha value is -1.18. The van der Waals surface area contributed by atoms with Crippen LogP contribution < -0.4 is 5.73 Å². The molecule has 5 nitrogen and oxygen atoms in total. The third-order valence-corrected chi connectivity index (χ3v) is 5.76. The van der Waals surface area contributed by atoms with Gasteiger partial charge in [0.25, 0.3) is 0 Å². The number of hydrogen-bond acceptors (Lipinski definition) is 3. The minimum atomic E-state index is -3.63. The van der Waals surface area contributed by atoms with Crippen molar-refractivity contribution in [2.24, 2.45) is 17.6 Å². The third-order valence-electron chi connectivity index (χ3n) is 3.67. The number of nitrogens with two attached hydrogens (primary N) is 1. The molecule has 8 heteroatoms. The highest BCUT2D eigenvalue weighted by Gasteiger charge is 2.39. The average molecular weight is 335 g/mol. The molecular weight excluding hydrogens is 319 g/mol. The van der Waals surface area contributed by atoms with Crippen LogP contribution in [0.2, 0.25) is 5.02 Å². The highest BCUT2D eigenvalue weighted by molar-refractivity contribution is 7.88. The maximum atomic E-state index is 13.4. The second-order valence-corrected chi connectivity index (χ2v) is 7.68. The smallest absolute Gasteiger partial charge is 0.222 e. The molecule has 2 N–H and O–H groups in total. The minimum absolute atomic E-state index is 0.0558. The summed E-state index contributed by atoms with van der Waals surface area (Å²) in [6.07, 6.45) is 0. The van der Waals surface area contributed by atoms with Crippen LogP contribution in [-0.2, 0) is 20.6 Å². The van der Waals surface area contributed by atoms with Gasteiger partial charge >= 0.3 is 0 Å². The average Bonchev–Trinajstić information content (AvgIpc) is 2.77. The zero-order chi connectivity index (χ0) is 15.8. The number of nitrogens with zero attached hydrogens (tertiary/aromatic N) is 1. The lowest BCUT2D eigenvalue weighted by Gasteiger charge is -2.16. The SMILES string of the molecule is C[C@@H]1CN(S(=O)(=O)Cc2ccc(Cl)c(F)c2)C[C@H]1C(N)=O. The van der Waals surface area contributed by atoms with Crippen molar-refractivity contribution in [1.29, 1.82) is 0 Å². The Morgan fingerprint density at radius 1 is 1.48 bits per heavy atom. The molecule has 1 aromatic carbocycles. The Labute approximate surface area is 127 Å². The second-order valence-electron chi connectivity index (χ2n) is 5.31. The maximum absolute atomic E-state index is 13.4. The number of amides is 1. The summed E-state index contributed by atoms with van der Waals surface area (Å²) >= 11 is 5.57. The van der Waals surface area contributed by atoms with E-state index in [2.05, 4.69) is 0 Å². The lowest BCUT2D eigenvalue weighted by molar-refractivity contribution is -0.122. The molecule has 2 rings (SSSR count).